The number of ether oxygens (including phenoxy) is 1. The summed E-state index contributed by atoms with van der Waals surface area (Å²) in [6.07, 6.45) is 3.03. The van der Waals surface area contributed by atoms with Crippen molar-refractivity contribution in [2.24, 2.45) is 5.92 Å². The molecule has 4 rings (SSSR count). The van der Waals surface area contributed by atoms with Gasteiger partial charge in [-0.2, -0.15) is 0 Å². The van der Waals surface area contributed by atoms with Crippen LogP contribution in [0.15, 0.2) is 18.2 Å². The van der Waals surface area contributed by atoms with Crippen molar-refractivity contribution in [3.63, 3.8) is 0 Å². The lowest BCUT2D eigenvalue weighted by Crippen LogP contribution is -2.04. The van der Waals surface area contributed by atoms with Crippen molar-refractivity contribution in [2.75, 3.05) is 7.11 Å². The molecule has 1 aromatic carbocycles. The fourth-order valence-corrected chi connectivity index (χ4v) is 2.96. The molecule has 5 heteroatoms. The lowest BCUT2D eigenvalue weighted by molar-refractivity contribution is -0.138. The molecule has 0 saturated heterocycles. The second-order valence-corrected chi connectivity index (χ2v) is 5.71. The Labute approximate surface area is 116 Å². The maximum absolute atomic E-state index is 11.1. The average Bonchev–Trinajstić information content (AvgIpc) is 3.34. The van der Waals surface area contributed by atoms with Crippen LogP contribution in [0, 0.1) is 5.92 Å². The fraction of sp³-hybridized carbons (Fsp3) is 0.467. The molecule has 0 aliphatic heterocycles. The summed E-state index contributed by atoms with van der Waals surface area (Å²) in [5, 5.41) is 9.13. The number of imidazole rings is 1. The van der Waals surface area contributed by atoms with Gasteiger partial charge in [-0.3, -0.25) is 4.79 Å². The van der Waals surface area contributed by atoms with Gasteiger partial charge in [0.05, 0.1) is 24.1 Å². The third kappa shape index (κ3) is 1.69. The van der Waals surface area contributed by atoms with Crippen molar-refractivity contribution < 1.29 is 14.6 Å². The summed E-state index contributed by atoms with van der Waals surface area (Å²) in [5.41, 5.74) is 2.00. The summed E-state index contributed by atoms with van der Waals surface area (Å²) < 4.78 is 7.49. The van der Waals surface area contributed by atoms with Crippen LogP contribution in [-0.2, 0) is 4.79 Å². The highest BCUT2D eigenvalue weighted by Crippen LogP contribution is 2.50. The first-order chi connectivity index (χ1) is 9.69. The molecule has 0 bridgehead atoms. The molecule has 0 spiro atoms. The molecule has 2 unspecified atom stereocenters. The molecule has 2 saturated carbocycles. The molecule has 0 amide bonds. The van der Waals surface area contributed by atoms with Gasteiger partial charge in [-0.1, -0.05) is 0 Å². The Morgan fingerprint density at radius 2 is 2.25 bits per heavy atom. The number of aliphatic carboxylic acids is 1. The van der Waals surface area contributed by atoms with Crippen molar-refractivity contribution in [3.8, 4) is 5.75 Å². The number of carboxylic acids is 1. The van der Waals surface area contributed by atoms with Crippen molar-refractivity contribution >= 4 is 17.0 Å². The first-order valence-electron chi connectivity index (χ1n) is 6.97. The summed E-state index contributed by atoms with van der Waals surface area (Å²) in [7, 11) is 1.64. The molecule has 20 heavy (non-hydrogen) atoms. The van der Waals surface area contributed by atoms with E-state index < -0.39 is 5.97 Å². The van der Waals surface area contributed by atoms with E-state index in [-0.39, 0.29) is 11.8 Å². The van der Waals surface area contributed by atoms with E-state index in [1.54, 1.807) is 7.11 Å². The molecule has 104 valence electrons. The third-order valence-electron chi connectivity index (χ3n) is 4.28. The molecular weight excluding hydrogens is 256 g/mol. The summed E-state index contributed by atoms with van der Waals surface area (Å²) in [5.74, 6) is 0.845. The number of hydrogen-bond acceptors (Lipinski definition) is 3. The third-order valence-corrected chi connectivity index (χ3v) is 4.28. The van der Waals surface area contributed by atoms with E-state index in [9.17, 15) is 4.79 Å². The number of fused-ring (bicyclic) bond motifs is 1. The number of aromatic nitrogens is 2. The van der Waals surface area contributed by atoms with Gasteiger partial charge in [0.15, 0.2) is 0 Å². The normalized spacial score (nSPS) is 24.9. The highest BCUT2D eigenvalue weighted by atomic mass is 16.5. The molecule has 1 aromatic heterocycles. The molecule has 5 nitrogen and oxygen atoms in total. The molecule has 2 aromatic rings. The van der Waals surface area contributed by atoms with Crippen molar-refractivity contribution in [3.05, 3.63) is 24.0 Å². The van der Waals surface area contributed by atoms with E-state index in [4.69, 9.17) is 14.8 Å². The van der Waals surface area contributed by atoms with Crippen LogP contribution < -0.4 is 4.74 Å². The number of rotatable bonds is 4. The SMILES string of the molecule is COc1ccc2c(c1)nc(C1CC1C(=O)O)n2C1CC1. The van der Waals surface area contributed by atoms with Crippen LogP contribution in [0.4, 0.5) is 0 Å². The van der Waals surface area contributed by atoms with Gasteiger partial charge >= 0.3 is 5.97 Å². The Hall–Kier alpha value is -2.04. The van der Waals surface area contributed by atoms with Crippen LogP contribution in [0.5, 0.6) is 5.75 Å². The molecule has 1 N–H and O–H groups in total. The van der Waals surface area contributed by atoms with Crippen LogP contribution in [0.1, 0.15) is 37.0 Å². The summed E-state index contributed by atoms with van der Waals surface area (Å²) in [6, 6.07) is 6.39. The van der Waals surface area contributed by atoms with E-state index in [0.717, 1.165) is 35.4 Å². The predicted octanol–water partition coefficient (Wildman–Crippen LogP) is 2.57. The number of hydrogen-bond donors (Lipinski definition) is 1. The number of carbonyl (C=O) groups is 1. The quantitative estimate of drug-likeness (QED) is 0.929. The minimum Gasteiger partial charge on any atom is -0.497 e. The summed E-state index contributed by atoms with van der Waals surface area (Å²) in [6.45, 7) is 0. The second-order valence-electron chi connectivity index (χ2n) is 5.71. The van der Waals surface area contributed by atoms with Gasteiger partial charge in [-0.25, -0.2) is 4.98 Å². The van der Waals surface area contributed by atoms with E-state index in [1.807, 2.05) is 18.2 Å². The standard InChI is InChI=1S/C15H16N2O3/c1-20-9-4-5-13-12(6-9)16-14(17(13)8-2-3-8)10-7-11(10)15(18)19/h4-6,8,10-11H,2-3,7H2,1H3,(H,18,19). The number of carboxylic acid groups (broad SMARTS) is 1. The summed E-state index contributed by atoms with van der Waals surface area (Å²) in [4.78, 5) is 15.8. The average molecular weight is 272 g/mol. The molecule has 2 aliphatic rings. The zero-order chi connectivity index (χ0) is 13.9. The number of methoxy groups -OCH3 is 1. The van der Waals surface area contributed by atoms with Crippen molar-refractivity contribution in [1.82, 2.24) is 9.55 Å². The minimum absolute atomic E-state index is 0.0755. The van der Waals surface area contributed by atoms with Crippen LogP contribution in [0.25, 0.3) is 11.0 Å². The first kappa shape index (κ1) is 11.8. The van der Waals surface area contributed by atoms with Crippen molar-refractivity contribution in [2.45, 2.75) is 31.2 Å². The fourth-order valence-electron chi connectivity index (χ4n) is 2.96. The van der Waals surface area contributed by atoms with E-state index in [1.165, 1.54) is 0 Å². The van der Waals surface area contributed by atoms with Gasteiger partial charge in [0.2, 0.25) is 0 Å². The smallest absolute Gasteiger partial charge is 0.307 e. The lowest BCUT2D eigenvalue weighted by atomic mass is 10.3. The van der Waals surface area contributed by atoms with Gasteiger partial charge in [0.25, 0.3) is 0 Å². The van der Waals surface area contributed by atoms with Crippen LogP contribution in [0.2, 0.25) is 0 Å². The van der Waals surface area contributed by atoms with Crippen LogP contribution in [0.3, 0.4) is 0 Å². The van der Waals surface area contributed by atoms with Gasteiger partial charge in [-0.05, 0) is 31.4 Å². The first-order valence-corrected chi connectivity index (χ1v) is 6.97. The number of nitrogens with zero attached hydrogens (tertiary/aromatic N) is 2. The van der Waals surface area contributed by atoms with Crippen LogP contribution in [-0.4, -0.2) is 27.7 Å². The van der Waals surface area contributed by atoms with Crippen molar-refractivity contribution in [1.29, 1.82) is 0 Å². The molecule has 0 radical (unpaired) electrons. The van der Waals surface area contributed by atoms with E-state index >= 15 is 0 Å². The predicted molar refractivity (Wildman–Crippen MR) is 73.0 cm³/mol. The monoisotopic (exact) mass is 272 g/mol. The Balaban J connectivity index is 1.83. The zero-order valence-corrected chi connectivity index (χ0v) is 11.2. The topological polar surface area (TPSA) is 64.3 Å². The highest BCUT2D eigenvalue weighted by molar-refractivity contribution is 5.80. The molecule has 2 aliphatic carbocycles. The Kier molecular flexibility index (Phi) is 2.34. The number of benzene rings is 1. The Morgan fingerprint density at radius 3 is 2.85 bits per heavy atom. The Morgan fingerprint density at radius 1 is 1.45 bits per heavy atom. The van der Waals surface area contributed by atoms with Gasteiger partial charge in [0, 0.05) is 18.0 Å². The highest BCUT2D eigenvalue weighted by Gasteiger charge is 2.48. The zero-order valence-electron chi connectivity index (χ0n) is 11.2. The Bertz CT molecular complexity index is 702. The molecule has 2 atom stereocenters. The van der Waals surface area contributed by atoms with Gasteiger partial charge < -0.3 is 14.4 Å². The maximum Gasteiger partial charge on any atom is 0.307 e. The van der Waals surface area contributed by atoms with Crippen LogP contribution >= 0.6 is 0 Å². The second kappa shape index (κ2) is 3.98. The molecular formula is C15H16N2O3. The van der Waals surface area contributed by atoms with Gasteiger partial charge in [-0.15, -0.1) is 0 Å². The van der Waals surface area contributed by atoms with E-state index in [0.29, 0.717) is 12.5 Å². The minimum atomic E-state index is -0.706. The molecule has 2 fully saturated rings. The van der Waals surface area contributed by atoms with E-state index in [2.05, 4.69) is 4.57 Å². The summed E-state index contributed by atoms with van der Waals surface area (Å²) >= 11 is 0. The largest absolute Gasteiger partial charge is 0.497 e. The molecule has 1 heterocycles. The lowest BCUT2D eigenvalue weighted by Gasteiger charge is -2.07. The maximum atomic E-state index is 11.1. The van der Waals surface area contributed by atoms with Gasteiger partial charge in [0.1, 0.15) is 11.6 Å².